The molecule has 2 aromatic rings. The zero-order valence-electron chi connectivity index (χ0n) is 16.8. The number of hydrogen-bond acceptors (Lipinski definition) is 7. The van der Waals surface area contributed by atoms with Crippen LogP contribution in [0.15, 0.2) is 29.4 Å². The van der Waals surface area contributed by atoms with Gasteiger partial charge in [0.05, 0.1) is 24.5 Å². The predicted octanol–water partition coefficient (Wildman–Crippen LogP) is 2.49. The number of aromatic nitrogens is 3. The van der Waals surface area contributed by atoms with Crippen molar-refractivity contribution in [2.24, 2.45) is 11.7 Å². The van der Waals surface area contributed by atoms with Gasteiger partial charge < -0.3 is 15.0 Å². The highest BCUT2D eigenvalue weighted by Gasteiger charge is 2.27. The van der Waals surface area contributed by atoms with Crippen molar-refractivity contribution < 1.29 is 17.9 Å². The van der Waals surface area contributed by atoms with E-state index in [-0.39, 0.29) is 22.9 Å². The van der Waals surface area contributed by atoms with Crippen LogP contribution in [0.4, 0.5) is 0 Å². The summed E-state index contributed by atoms with van der Waals surface area (Å²) in [6.45, 7) is 6.47. The van der Waals surface area contributed by atoms with E-state index in [1.807, 2.05) is 20.8 Å². The molecule has 154 valence electrons. The van der Waals surface area contributed by atoms with Gasteiger partial charge in [0.25, 0.3) is 0 Å². The van der Waals surface area contributed by atoms with E-state index in [9.17, 15) is 13.2 Å². The molecule has 0 amide bonds. The number of ether oxygens (including phenoxy) is 1. The van der Waals surface area contributed by atoms with Crippen molar-refractivity contribution in [1.29, 1.82) is 0 Å². The third kappa shape index (κ3) is 5.17. The Bertz CT molecular complexity index is 905. The molecule has 0 aliphatic heterocycles. The van der Waals surface area contributed by atoms with Gasteiger partial charge in [-0.15, -0.1) is 10.2 Å². The predicted molar refractivity (Wildman–Crippen MR) is 105 cm³/mol. The molecule has 0 aliphatic carbocycles. The van der Waals surface area contributed by atoms with Crippen LogP contribution in [0.5, 0.6) is 0 Å². The first-order valence-corrected chi connectivity index (χ1v) is 10.9. The number of carbonyl (C=O) groups is 1. The summed E-state index contributed by atoms with van der Waals surface area (Å²) in [5.41, 5.74) is 7.10. The first kappa shape index (κ1) is 22.0. The minimum absolute atomic E-state index is 0.0696. The van der Waals surface area contributed by atoms with Crippen molar-refractivity contribution in [3.8, 4) is 0 Å². The van der Waals surface area contributed by atoms with Crippen molar-refractivity contribution in [3.05, 3.63) is 41.2 Å². The molecule has 0 radical (unpaired) electrons. The molecule has 1 aromatic heterocycles. The van der Waals surface area contributed by atoms with Crippen molar-refractivity contribution in [2.45, 2.75) is 57.1 Å². The first-order chi connectivity index (χ1) is 13.2. The Balaban J connectivity index is 2.35. The molecule has 0 aliphatic rings. The van der Waals surface area contributed by atoms with Crippen molar-refractivity contribution in [1.82, 2.24) is 14.8 Å². The Labute approximate surface area is 166 Å². The number of hydrogen-bond donors (Lipinski definition) is 1. The van der Waals surface area contributed by atoms with Crippen LogP contribution in [-0.4, -0.2) is 36.3 Å². The van der Waals surface area contributed by atoms with Crippen LogP contribution in [-0.2, 0) is 26.9 Å². The molecule has 1 aromatic carbocycles. The molecular formula is C19H28N4O4S. The van der Waals surface area contributed by atoms with Crippen LogP contribution in [0.25, 0.3) is 0 Å². The summed E-state index contributed by atoms with van der Waals surface area (Å²) in [6.07, 6.45) is 1.57. The Hall–Kier alpha value is -2.26. The van der Waals surface area contributed by atoms with Crippen LogP contribution in [0.3, 0.4) is 0 Å². The molecule has 2 N–H and O–H groups in total. The highest BCUT2D eigenvalue weighted by Crippen LogP contribution is 2.22. The lowest BCUT2D eigenvalue weighted by atomic mass is 10.1. The molecule has 2 rings (SSSR count). The fourth-order valence-corrected chi connectivity index (χ4v) is 4.35. The number of rotatable bonds is 9. The zero-order chi connectivity index (χ0) is 20.9. The van der Waals surface area contributed by atoms with Crippen LogP contribution in [0.1, 0.15) is 61.4 Å². The first-order valence-electron chi connectivity index (χ1n) is 9.28. The zero-order valence-corrected chi connectivity index (χ0v) is 17.6. The van der Waals surface area contributed by atoms with E-state index in [1.165, 1.54) is 19.2 Å². The summed E-state index contributed by atoms with van der Waals surface area (Å²) >= 11 is 0. The number of esters is 1. The fraction of sp³-hybridized carbons (Fsp3) is 0.526. The quantitative estimate of drug-likeness (QED) is 0.633. The molecule has 0 saturated carbocycles. The van der Waals surface area contributed by atoms with Crippen molar-refractivity contribution >= 4 is 15.8 Å². The Morgan fingerprint density at radius 2 is 1.86 bits per heavy atom. The van der Waals surface area contributed by atoms with E-state index in [1.54, 1.807) is 16.7 Å². The average Bonchev–Trinajstić information content (AvgIpc) is 3.05. The van der Waals surface area contributed by atoms with Crippen LogP contribution in [0, 0.1) is 5.92 Å². The lowest BCUT2D eigenvalue weighted by Crippen LogP contribution is -2.21. The minimum Gasteiger partial charge on any atom is -0.465 e. The number of carbonyl (C=O) groups excluding carboxylic acids is 1. The standard InChI is InChI=1S/C19H28N4O4S/c1-5-6-16(20)17-21-22-19(23(17)11-13(2)3)28(25,26)12-14-7-9-15(10-8-14)18(24)27-4/h7-10,13,16H,5-6,11-12,20H2,1-4H3. The van der Waals surface area contributed by atoms with Gasteiger partial charge in [-0.3, -0.25) is 0 Å². The van der Waals surface area contributed by atoms with Crippen molar-refractivity contribution in [3.63, 3.8) is 0 Å². The molecule has 0 spiro atoms. The van der Waals surface area contributed by atoms with E-state index in [0.717, 1.165) is 6.42 Å². The van der Waals surface area contributed by atoms with Gasteiger partial charge in [-0.1, -0.05) is 39.3 Å². The Morgan fingerprint density at radius 3 is 2.39 bits per heavy atom. The summed E-state index contributed by atoms with van der Waals surface area (Å²) in [5, 5.41) is 7.99. The maximum atomic E-state index is 13.0. The Kier molecular flexibility index (Phi) is 7.31. The van der Waals surface area contributed by atoms with Gasteiger partial charge in [-0.2, -0.15) is 0 Å². The number of benzene rings is 1. The molecule has 9 heteroatoms. The van der Waals surface area contributed by atoms with E-state index >= 15 is 0 Å². The van der Waals surface area contributed by atoms with Gasteiger partial charge in [-0.25, -0.2) is 13.2 Å². The molecule has 1 heterocycles. The smallest absolute Gasteiger partial charge is 0.337 e. The topological polar surface area (TPSA) is 117 Å². The molecule has 1 unspecified atom stereocenters. The third-order valence-electron chi connectivity index (χ3n) is 4.23. The highest BCUT2D eigenvalue weighted by atomic mass is 32.2. The second kappa shape index (κ2) is 9.29. The highest BCUT2D eigenvalue weighted by molar-refractivity contribution is 7.90. The van der Waals surface area contributed by atoms with Gasteiger partial charge in [-0.05, 0) is 30.0 Å². The number of nitrogens with zero attached hydrogens (tertiary/aromatic N) is 3. The van der Waals surface area contributed by atoms with Gasteiger partial charge in [0.15, 0.2) is 5.82 Å². The molecule has 0 bridgehead atoms. The monoisotopic (exact) mass is 408 g/mol. The summed E-state index contributed by atoms with van der Waals surface area (Å²) < 4.78 is 32.3. The molecular weight excluding hydrogens is 380 g/mol. The van der Waals surface area contributed by atoms with E-state index < -0.39 is 15.8 Å². The largest absolute Gasteiger partial charge is 0.465 e. The van der Waals surface area contributed by atoms with Crippen molar-refractivity contribution in [2.75, 3.05) is 7.11 Å². The van der Waals surface area contributed by atoms with Gasteiger partial charge in [0.2, 0.25) is 15.0 Å². The summed E-state index contributed by atoms with van der Waals surface area (Å²) in [5.74, 6) is -0.0130. The van der Waals surface area contributed by atoms with Crippen LogP contribution in [0.2, 0.25) is 0 Å². The van der Waals surface area contributed by atoms with Gasteiger partial charge >= 0.3 is 5.97 Å². The maximum absolute atomic E-state index is 13.0. The number of methoxy groups -OCH3 is 1. The lowest BCUT2D eigenvalue weighted by Gasteiger charge is -2.16. The second-order valence-corrected chi connectivity index (χ2v) is 9.07. The van der Waals surface area contributed by atoms with Gasteiger partial charge in [0, 0.05) is 6.54 Å². The Morgan fingerprint density at radius 1 is 1.21 bits per heavy atom. The van der Waals surface area contributed by atoms with Crippen LogP contribution < -0.4 is 5.73 Å². The molecule has 0 fully saturated rings. The normalized spacial score (nSPS) is 12.9. The fourth-order valence-electron chi connectivity index (χ4n) is 2.92. The summed E-state index contributed by atoms with van der Waals surface area (Å²) in [7, 11) is -2.44. The molecule has 28 heavy (non-hydrogen) atoms. The van der Waals surface area contributed by atoms with E-state index in [4.69, 9.17) is 5.73 Å². The van der Waals surface area contributed by atoms with Crippen LogP contribution >= 0.6 is 0 Å². The molecule has 0 saturated heterocycles. The third-order valence-corrected chi connectivity index (χ3v) is 5.81. The number of nitrogens with two attached hydrogens (primary N) is 1. The number of sulfone groups is 1. The average molecular weight is 409 g/mol. The minimum atomic E-state index is -3.74. The lowest BCUT2D eigenvalue weighted by molar-refractivity contribution is 0.0600. The second-order valence-electron chi connectivity index (χ2n) is 7.19. The summed E-state index contributed by atoms with van der Waals surface area (Å²) in [6, 6.07) is 5.91. The van der Waals surface area contributed by atoms with E-state index in [2.05, 4.69) is 14.9 Å². The summed E-state index contributed by atoms with van der Waals surface area (Å²) in [4.78, 5) is 11.5. The van der Waals surface area contributed by atoms with E-state index in [0.29, 0.717) is 29.9 Å². The molecule has 8 nitrogen and oxygen atoms in total. The SMILES string of the molecule is CCCC(N)c1nnc(S(=O)(=O)Cc2ccc(C(=O)OC)cc2)n1CC(C)C. The molecule has 1 atom stereocenters. The van der Waals surface area contributed by atoms with Gasteiger partial charge in [0.1, 0.15) is 0 Å². The maximum Gasteiger partial charge on any atom is 0.337 e.